The van der Waals surface area contributed by atoms with Gasteiger partial charge >= 0.3 is 0 Å². The molecule has 1 aromatic heterocycles. The average Bonchev–Trinajstić information content (AvgIpc) is 2.95. The van der Waals surface area contributed by atoms with Gasteiger partial charge in [-0.15, -0.1) is 11.3 Å². The summed E-state index contributed by atoms with van der Waals surface area (Å²) in [6, 6.07) is 6.84. The second-order valence-electron chi connectivity index (χ2n) is 6.15. The summed E-state index contributed by atoms with van der Waals surface area (Å²) in [5.74, 6) is 0.594. The van der Waals surface area contributed by atoms with Crippen LogP contribution >= 0.6 is 11.3 Å². The van der Waals surface area contributed by atoms with Crippen molar-refractivity contribution in [3.8, 4) is 0 Å². The zero-order valence-corrected chi connectivity index (χ0v) is 16.8. The van der Waals surface area contributed by atoms with E-state index in [4.69, 9.17) is 0 Å². The van der Waals surface area contributed by atoms with E-state index in [-0.39, 0.29) is 5.82 Å². The Morgan fingerprint density at radius 3 is 2.62 bits per heavy atom. The number of aromatic nitrogens is 1. The van der Waals surface area contributed by atoms with E-state index in [0.717, 1.165) is 49.1 Å². The van der Waals surface area contributed by atoms with Crippen LogP contribution < -0.4 is 15.5 Å². The molecule has 1 aromatic carbocycles. The maximum absolute atomic E-state index is 13.7. The fourth-order valence-electron chi connectivity index (χ4n) is 2.56. The molecule has 0 spiro atoms. The SMILES string of the molecule is CN=C(NCCCN(C)c1ccccc1F)NCCc1nc(C)c(C)s1. The van der Waals surface area contributed by atoms with E-state index in [9.17, 15) is 4.39 Å². The molecule has 2 aromatic rings. The number of hydrogen-bond acceptors (Lipinski definition) is 4. The summed E-state index contributed by atoms with van der Waals surface area (Å²) >= 11 is 1.75. The topological polar surface area (TPSA) is 52.6 Å². The molecule has 0 saturated heterocycles. The van der Waals surface area contributed by atoms with Crippen LogP contribution in [-0.2, 0) is 6.42 Å². The minimum atomic E-state index is -0.187. The summed E-state index contributed by atoms with van der Waals surface area (Å²) in [7, 11) is 3.67. The van der Waals surface area contributed by atoms with Gasteiger partial charge in [-0.05, 0) is 32.4 Å². The molecule has 1 heterocycles. The molecule has 0 aliphatic heterocycles. The number of nitrogens with zero attached hydrogens (tertiary/aromatic N) is 3. The third-order valence-corrected chi connectivity index (χ3v) is 5.29. The molecular weight excluding hydrogens is 349 g/mol. The normalized spacial score (nSPS) is 11.5. The second kappa shape index (κ2) is 10.1. The molecule has 0 fully saturated rings. The molecule has 0 amide bonds. The first-order chi connectivity index (χ1) is 12.5. The van der Waals surface area contributed by atoms with Crippen molar-refractivity contribution in [2.75, 3.05) is 38.6 Å². The number of thiazole rings is 1. The molecule has 0 aliphatic rings. The Hall–Kier alpha value is -2.15. The molecule has 0 unspecified atom stereocenters. The van der Waals surface area contributed by atoms with Crippen LogP contribution in [0.1, 0.15) is 22.0 Å². The van der Waals surface area contributed by atoms with E-state index in [1.54, 1.807) is 30.5 Å². The number of halogens is 1. The molecule has 142 valence electrons. The average molecular weight is 378 g/mol. The zero-order chi connectivity index (χ0) is 18.9. The van der Waals surface area contributed by atoms with E-state index >= 15 is 0 Å². The molecular formula is C19H28FN5S. The van der Waals surface area contributed by atoms with E-state index in [2.05, 4.69) is 27.5 Å². The van der Waals surface area contributed by atoms with E-state index in [1.807, 2.05) is 24.9 Å². The monoisotopic (exact) mass is 377 g/mol. The minimum Gasteiger partial charge on any atom is -0.372 e. The predicted octanol–water partition coefficient (Wildman–Crippen LogP) is 3.13. The first-order valence-electron chi connectivity index (χ1n) is 8.84. The summed E-state index contributed by atoms with van der Waals surface area (Å²) in [5.41, 5.74) is 1.75. The molecule has 0 aliphatic carbocycles. The van der Waals surface area contributed by atoms with Crippen LogP contribution in [0.5, 0.6) is 0 Å². The van der Waals surface area contributed by atoms with Gasteiger partial charge in [-0.25, -0.2) is 9.37 Å². The van der Waals surface area contributed by atoms with Gasteiger partial charge in [-0.1, -0.05) is 12.1 Å². The second-order valence-corrected chi connectivity index (χ2v) is 7.44. The van der Waals surface area contributed by atoms with Gasteiger partial charge in [0.15, 0.2) is 5.96 Å². The molecule has 0 atom stereocenters. The smallest absolute Gasteiger partial charge is 0.190 e. The number of aryl methyl sites for hydroxylation is 2. The quantitative estimate of drug-likeness (QED) is 0.422. The third-order valence-electron chi connectivity index (χ3n) is 4.15. The lowest BCUT2D eigenvalue weighted by atomic mass is 10.2. The molecule has 2 rings (SSSR count). The third kappa shape index (κ3) is 5.98. The summed E-state index contributed by atoms with van der Waals surface area (Å²) in [5, 5.41) is 7.75. The van der Waals surface area contributed by atoms with Crippen molar-refractivity contribution in [2.24, 2.45) is 4.99 Å². The van der Waals surface area contributed by atoms with Crippen LogP contribution in [-0.4, -0.2) is 44.7 Å². The van der Waals surface area contributed by atoms with Crippen LogP contribution in [0.2, 0.25) is 0 Å². The largest absolute Gasteiger partial charge is 0.372 e. The van der Waals surface area contributed by atoms with Gasteiger partial charge in [-0.2, -0.15) is 0 Å². The molecule has 0 radical (unpaired) electrons. The van der Waals surface area contributed by atoms with Crippen molar-refractivity contribution in [1.82, 2.24) is 15.6 Å². The van der Waals surface area contributed by atoms with E-state index in [1.165, 1.54) is 10.9 Å². The summed E-state index contributed by atoms with van der Waals surface area (Å²) in [6.45, 7) is 6.47. The highest BCUT2D eigenvalue weighted by Crippen LogP contribution is 2.17. The number of anilines is 1. The molecule has 2 N–H and O–H groups in total. The fraction of sp³-hybridized carbons (Fsp3) is 0.474. The number of rotatable bonds is 8. The van der Waals surface area contributed by atoms with E-state index < -0.39 is 0 Å². The number of benzene rings is 1. The van der Waals surface area contributed by atoms with Crippen molar-refractivity contribution >= 4 is 23.0 Å². The summed E-state index contributed by atoms with van der Waals surface area (Å²) in [6.07, 6.45) is 1.77. The standard InChI is InChI=1S/C19H28FN5S/c1-14-15(2)26-18(24-14)10-12-23-19(21-3)22-11-7-13-25(4)17-9-6-5-8-16(17)20/h5-6,8-9H,7,10-13H2,1-4H3,(H2,21,22,23). The van der Waals surface area contributed by atoms with Gasteiger partial charge in [0.1, 0.15) is 5.82 Å². The summed E-state index contributed by atoms with van der Waals surface area (Å²) in [4.78, 5) is 12.0. The van der Waals surface area contributed by atoms with E-state index in [0.29, 0.717) is 5.69 Å². The van der Waals surface area contributed by atoms with Crippen molar-refractivity contribution in [3.05, 3.63) is 45.7 Å². The highest BCUT2D eigenvalue weighted by Gasteiger charge is 2.07. The van der Waals surface area contributed by atoms with Gasteiger partial charge < -0.3 is 15.5 Å². The Morgan fingerprint density at radius 2 is 1.96 bits per heavy atom. The fourth-order valence-corrected chi connectivity index (χ4v) is 3.49. The van der Waals surface area contributed by atoms with Crippen LogP contribution in [0.3, 0.4) is 0 Å². The molecule has 7 heteroatoms. The first-order valence-corrected chi connectivity index (χ1v) is 9.66. The molecule has 5 nitrogen and oxygen atoms in total. The van der Waals surface area contributed by atoms with Crippen molar-refractivity contribution in [2.45, 2.75) is 26.7 Å². The lowest BCUT2D eigenvalue weighted by molar-refractivity contribution is 0.619. The Morgan fingerprint density at radius 1 is 1.23 bits per heavy atom. The zero-order valence-electron chi connectivity index (χ0n) is 16.0. The van der Waals surface area contributed by atoms with Gasteiger partial charge in [-0.3, -0.25) is 4.99 Å². The summed E-state index contributed by atoms with van der Waals surface area (Å²) < 4.78 is 13.7. The van der Waals surface area contributed by atoms with Gasteiger partial charge in [0.05, 0.1) is 16.4 Å². The van der Waals surface area contributed by atoms with Gasteiger partial charge in [0.2, 0.25) is 0 Å². The minimum absolute atomic E-state index is 0.187. The highest BCUT2D eigenvalue weighted by atomic mass is 32.1. The number of guanidine groups is 1. The van der Waals surface area contributed by atoms with Crippen LogP contribution in [0.4, 0.5) is 10.1 Å². The first kappa shape index (κ1) is 20.2. The number of nitrogens with one attached hydrogen (secondary N) is 2. The van der Waals surface area contributed by atoms with Crippen molar-refractivity contribution in [3.63, 3.8) is 0 Å². The van der Waals surface area contributed by atoms with Gasteiger partial charge in [0, 0.05) is 45.0 Å². The molecule has 0 bridgehead atoms. The number of para-hydroxylation sites is 1. The Balaban J connectivity index is 1.66. The Kier molecular flexibility index (Phi) is 7.84. The maximum Gasteiger partial charge on any atom is 0.190 e. The van der Waals surface area contributed by atoms with Crippen LogP contribution in [0.15, 0.2) is 29.3 Å². The van der Waals surface area contributed by atoms with Gasteiger partial charge in [0.25, 0.3) is 0 Å². The Labute approximate surface area is 159 Å². The van der Waals surface area contributed by atoms with Crippen molar-refractivity contribution < 1.29 is 4.39 Å². The highest BCUT2D eigenvalue weighted by molar-refractivity contribution is 7.11. The predicted molar refractivity (Wildman–Crippen MR) is 109 cm³/mol. The number of aliphatic imine (C=N–C) groups is 1. The lowest BCUT2D eigenvalue weighted by Gasteiger charge is -2.20. The lowest BCUT2D eigenvalue weighted by Crippen LogP contribution is -2.39. The van der Waals surface area contributed by atoms with Crippen LogP contribution in [0, 0.1) is 19.7 Å². The Bertz CT molecular complexity index is 709. The van der Waals surface area contributed by atoms with Crippen LogP contribution in [0.25, 0.3) is 0 Å². The van der Waals surface area contributed by atoms with Crippen molar-refractivity contribution in [1.29, 1.82) is 0 Å². The molecule has 0 saturated carbocycles. The molecule has 26 heavy (non-hydrogen) atoms. The maximum atomic E-state index is 13.7. The number of hydrogen-bond donors (Lipinski definition) is 2.